The summed E-state index contributed by atoms with van der Waals surface area (Å²) < 4.78 is 35.8. The Kier molecular flexibility index (Phi) is 11.7. The van der Waals surface area contributed by atoms with Gasteiger partial charge in [-0.2, -0.15) is 0 Å². The molecule has 0 aromatic heterocycles. The number of benzene rings is 5. The zero-order valence-electron chi connectivity index (χ0n) is 28.8. The smallest absolute Gasteiger partial charge is 0.264 e. The number of ether oxygens (including phenoxy) is 1. The summed E-state index contributed by atoms with van der Waals surface area (Å²) >= 11 is 0. The van der Waals surface area contributed by atoms with Gasteiger partial charge >= 0.3 is 0 Å². The molecule has 9 heteroatoms. The Labute approximate surface area is 295 Å². The lowest BCUT2D eigenvalue weighted by Gasteiger charge is -2.34. The second-order valence-corrected chi connectivity index (χ2v) is 14.5. The standard InChI is InChI=1S/C41H43N3O5S/c1-30(2)42-41(46)39(27-33-13-7-5-8-14-33)43(28-34-15-11-12-32(4)26-34)40(45)29-44(50(47,48)38-24-18-31(3)19-25-38)35-20-22-37(23-21-35)49-36-16-9-6-10-17-36/h5-26,30,39H,27-29H2,1-4H3,(H,42,46)/t39-/m1/s1. The molecule has 0 unspecified atom stereocenters. The molecule has 0 aliphatic heterocycles. The van der Waals surface area contributed by atoms with Crippen molar-refractivity contribution in [3.8, 4) is 11.5 Å². The molecule has 1 N–H and O–H groups in total. The molecule has 0 fully saturated rings. The number of hydrogen-bond donors (Lipinski definition) is 1. The van der Waals surface area contributed by atoms with Crippen molar-refractivity contribution in [1.29, 1.82) is 0 Å². The van der Waals surface area contributed by atoms with E-state index in [1.165, 1.54) is 17.0 Å². The van der Waals surface area contributed by atoms with E-state index in [9.17, 15) is 18.0 Å². The number of hydrogen-bond acceptors (Lipinski definition) is 5. The van der Waals surface area contributed by atoms with Gasteiger partial charge in [0.25, 0.3) is 10.0 Å². The first-order valence-corrected chi connectivity index (χ1v) is 18.1. The quantitative estimate of drug-likeness (QED) is 0.131. The van der Waals surface area contributed by atoms with Crippen molar-refractivity contribution in [1.82, 2.24) is 10.2 Å². The van der Waals surface area contributed by atoms with Gasteiger partial charge in [-0.15, -0.1) is 0 Å². The first-order chi connectivity index (χ1) is 24.0. The number of rotatable bonds is 14. The minimum absolute atomic E-state index is 0.0455. The van der Waals surface area contributed by atoms with Crippen LogP contribution < -0.4 is 14.4 Å². The molecule has 5 rings (SSSR count). The molecular weight excluding hydrogens is 647 g/mol. The first kappa shape index (κ1) is 35.9. The van der Waals surface area contributed by atoms with Crippen LogP contribution in [-0.2, 0) is 32.6 Å². The van der Waals surface area contributed by atoms with E-state index in [0.717, 1.165) is 26.6 Å². The van der Waals surface area contributed by atoms with Gasteiger partial charge in [0.1, 0.15) is 24.1 Å². The van der Waals surface area contributed by atoms with Crippen molar-refractivity contribution in [3.05, 3.63) is 156 Å². The molecule has 50 heavy (non-hydrogen) atoms. The summed E-state index contributed by atoms with van der Waals surface area (Å²) in [6, 6.07) is 38.5. The third kappa shape index (κ3) is 9.39. The Morgan fingerprint density at radius 2 is 1.30 bits per heavy atom. The molecule has 258 valence electrons. The van der Waals surface area contributed by atoms with Crippen LogP contribution in [0.5, 0.6) is 11.5 Å². The molecular formula is C41H43N3O5S. The molecule has 5 aromatic carbocycles. The fourth-order valence-electron chi connectivity index (χ4n) is 5.61. The van der Waals surface area contributed by atoms with Crippen molar-refractivity contribution in [2.45, 2.75) is 57.6 Å². The number of sulfonamides is 1. The molecule has 0 bridgehead atoms. The second kappa shape index (κ2) is 16.3. The third-order valence-corrected chi connectivity index (χ3v) is 9.92. The van der Waals surface area contributed by atoms with Crippen molar-refractivity contribution in [3.63, 3.8) is 0 Å². The summed E-state index contributed by atoms with van der Waals surface area (Å²) in [4.78, 5) is 30.1. The van der Waals surface area contributed by atoms with E-state index >= 15 is 0 Å². The summed E-state index contributed by atoms with van der Waals surface area (Å²) in [7, 11) is -4.23. The van der Waals surface area contributed by atoms with Gasteiger partial charge in [0, 0.05) is 19.0 Å². The van der Waals surface area contributed by atoms with Crippen LogP contribution in [0.25, 0.3) is 0 Å². The Hall–Kier alpha value is -5.41. The highest BCUT2D eigenvalue weighted by Crippen LogP contribution is 2.29. The zero-order chi connectivity index (χ0) is 35.7. The fourth-order valence-corrected chi connectivity index (χ4v) is 7.03. The maximum Gasteiger partial charge on any atom is 0.264 e. The van der Waals surface area contributed by atoms with Gasteiger partial charge in [0.15, 0.2) is 0 Å². The number of carbonyl (C=O) groups is 2. The average Bonchev–Trinajstić information content (AvgIpc) is 3.10. The molecule has 5 aromatic rings. The van der Waals surface area contributed by atoms with Crippen LogP contribution in [-0.4, -0.2) is 43.8 Å². The zero-order valence-corrected chi connectivity index (χ0v) is 29.6. The highest BCUT2D eigenvalue weighted by atomic mass is 32.2. The van der Waals surface area contributed by atoms with E-state index in [-0.39, 0.29) is 35.5 Å². The van der Waals surface area contributed by atoms with Crippen LogP contribution >= 0.6 is 0 Å². The van der Waals surface area contributed by atoms with Crippen LogP contribution in [0.4, 0.5) is 5.69 Å². The van der Waals surface area contributed by atoms with Crippen LogP contribution in [0.2, 0.25) is 0 Å². The van der Waals surface area contributed by atoms with Crippen LogP contribution in [0.3, 0.4) is 0 Å². The van der Waals surface area contributed by atoms with Crippen LogP contribution in [0.1, 0.15) is 36.1 Å². The molecule has 0 radical (unpaired) electrons. The first-order valence-electron chi connectivity index (χ1n) is 16.6. The highest BCUT2D eigenvalue weighted by molar-refractivity contribution is 7.92. The molecule has 8 nitrogen and oxygen atoms in total. The normalized spacial score (nSPS) is 11.9. The van der Waals surface area contributed by atoms with Crippen molar-refractivity contribution in [2.75, 3.05) is 10.8 Å². The fraction of sp³-hybridized carbons (Fsp3) is 0.220. The number of carbonyl (C=O) groups excluding carboxylic acids is 2. The van der Waals surface area contributed by atoms with E-state index in [1.807, 2.05) is 113 Å². The number of nitrogens with one attached hydrogen (secondary N) is 1. The van der Waals surface area contributed by atoms with E-state index in [1.54, 1.807) is 36.4 Å². The lowest BCUT2D eigenvalue weighted by atomic mass is 10.0. The number of anilines is 1. The Balaban J connectivity index is 1.56. The third-order valence-electron chi connectivity index (χ3n) is 8.13. The molecule has 0 heterocycles. The maximum atomic E-state index is 14.7. The van der Waals surface area contributed by atoms with Crippen LogP contribution in [0, 0.1) is 13.8 Å². The van der Waals surface area contributed by atoms with Gasteiger partial charge in [-0.1, -0.05) is 96.1 Å². The summed E-state index contributed by atoms with van der Waals surface area (Å²) in [5.74, 6) is 0.302. The molecule has 0 saturated heterocycles. The van der Waals surface area contributed by atoms with Gasteiger partial charge < -0.3 is 15.0 Å². The lowest BCUT2D eigenvalue weighted by molar-refractivity contribution is -0.140. The Morgan fingerprint density at radius 3 is 1.92 bits per heavy atom. The minimum atomic E-state index is -4.23. The molecule has 2 amide bonds. The minimum Gasteiger partial charge on any atom is -0.457 e. The second-order valence-electron chi connectivity index (χ2n) is 12.6. The number of amides is 2. The molecule has 0 aliphatic rings. The summed E-state index contributed by atoms with van der Waals surface area (Å²) in [6.45, 7) is 7.13. The van der Waals surface area contributed by atoms with E-state index in [0.29, 0.717) is 11.5 Å². The topological polar surface area (TPSA) is 96.0 Å². The van der Waals surface area contributed by atoms with Gasteiger partial charge in [-0.05, 0) is 87.4 Å². The van der Waals surface area contributed by atoms with Gasteiger partial charge in [-0.3, -0.25) is 13.9 Å². The van der Waals surface area contributed by atoms with Gasteiger partial charge in [0.05, 0.1) is 10.6 Å². The highest BCUT2D eigenvalue weighted by Gasteiger charge is 2.35. The largest absolute Gasteiger partial charge is 0.457 e. The Morgan fingerprint density at radius 1 is 0.700 bits per heavy atom. The predicted molar refractivity (Wildman–Crippen MR) is 198 cm³/mol. The summed E-state index contributed by atoms with van der Waals surface area (Å²) in [5.41, 5.74) is 3.88. The average molecular weight is 690 g/mol. The van der Waals surface area contributed by atoms with Crippen molar-refractivity contribution in [2.24, 2.45) is 0 Å². The monoisotopic (exact) mass is 689 g/mol. The summed E-state index contributed by atoms with van der Waals surface area (Å²) in [6.07, 6.45) is 0.243. The van der Waals surface area contributed by atoms with E-state index < -0.39 is 28.5 Å². The number of para-hydroxylation sites is 1. The molecule has 0 spiro atoms. The molecule has 0 saturated carbocycles. The van der Waals surface area contributed by atoms with E-state index in [4.69, 9.17) is 4.74 Å². The Bertz CT molecular complexity index is 1980. The van der Waals surface area contributed by atoms with Crippen molar-refractivity contribution < 1.29 is 22.7 Å². The number of aryl methyl sites for hydroxylation is 2. The number of nitrogens with zero attached hydrogens (tertiary/aromatic N) is 2. The van der Waals surface area contributed by atoms with Gasteiger partial charge in [0.2, 0.25) is 11.8 Å². The van der Waals surface area contributed by atoms with Crippen molar-refractivity contribution >= 4 is 27.5 Å². The van der Waals surface area contributed by atoms with E-state index in [2.05, 4.69) is 5.32 Å². The van der Waals surface area contributed by atoms with Crippen LogP contribution in [0.15, 0.2) is 138 Å². The SMILES string of the molecule is Cc1ccc(S(=O)(=O)N(CC(=O)N(Cc2cccc(C)c2)[C@H](Cc2ccccc2)C(=O)NC(C)C)c2ccc(Oc3ccccc3)cc2)cc1. The molecule has 0 aliphatic carbocycles. The maximum absolute atomic E-state index is 14.7. The molecule has 1 atom stereocenters. The lowest BCUT2D eigenvalue weighted by Crippen LogP contribution is -2.54. The summed E-state index contributed by atoms with van der Waals surface area (Å²) in [5, 5.41) is 2.99. The van der Waals surface area contributed by atoms with Gasteiger partial charge in [-0.25, -0.2) is 8.42 Å². The predicted octanol–water partition coefficient (Wildman–Crippen LogP) is 7.46.